The second kappa shape index (κ2) is 9.23. The zero-order valence-corrected chi connectivity index (χ0v) is 19.0. The Bertz CT molecular complexity index is 1140. The molecule has 2 N–H and O–H groups in total. The molecule has 4 rings (SSSR count). The number of alkyl halides is 3. The van der Waals surface area contributed by atoms with Crippen molar-refractivity contribution in [3.63, 3.8) is 0 Å². The summed E-state index contributed by atoms with van der Waals surface area (Å²) in [4.78, 5) is 37.9. The number of carboxylic acid groups (broad SMARTS) is 1. The summed E-state index contributed by atoms with van der Waals surface area (Å²) in [6.45, 7) is 0.363. The smallest absolute Gasteiger partial charge is 0.435 e. The number of hydrogen-bond donors (Lipinski definition) is 2. The largest absolute Gasteiger partial charge is 0.497 e. The summed E-state index contributed by atoms with van der Waals surface area (Å²) in [5, 5.41) is 15.4. The van der Waals surface area contributed by atoms with Gasteiger partial charge in [-0.1, -0.05) is 0 Å². The van der Waals surface area contributed by atoms with Gasteiger partial charge >= 0.3 is 12.1 Å². The van der Waals surface area contributed by atoms with E-state index in [9.17, 15) is 27.6 Å². The van der Waals surface area contributed by atoms with Gasteiger partial charge in [0.25, 0.3) is 5.91 Å². The summed E-state index contributed by atoms with van der Waals surface area (Å²) in [5.74, 6) is -1.46. The first-order valence-electron chi connectivity index (χ1n) is 11.2. The molecule has 2 aliphatic rings. The van der Waals surface area contributed by atoms with Gasteiger partial charge < -0.3 is 20.1 Å². The van der Waals surface area contributed by atoms with Gasteiger partial charge in [-0.05, 0) is 56.4 Å². The van der Waals surface area contributed by atoms with Crippen LogP contribution in [-0.4, -0.2) is 63.3 Å². The summed E-state index contributed by atoms with van der Waals surface area (Å²) in [6, 6.07) is 6.20. The van der Waals surface area contributed by atoms with Gasteiger partial charge in [0.2, 0.25) is 5.91 Å². The summed E-state index contributed by atoms with van der Waals surface area (Å²) >= 11 is 0. The van der Waals surface area contributed by atoms with E-state index in [1.807, 2.05) is 0 Å². The van der Waals surface area contributed by atoms with Crippen LogP contribution in [0, 0.1) is 0 Å². The minimum absolute atomic E-state index is 0.00763. The van der Waals surface area contributed by atoms with Gasteiger partial charge in [0.15, 0.2) is 5.69 Å². The quantitative estimate of drug-likeness (QED) is 0.519. The number of carbonyl (C=O) groups is 3. The van der Waals surface area contributed by atoms with Gasteiger partial charge in [-0.2, -0.15) is 18.3 Å². The van der Waals surface area contributed by atoms with Gasteiger partial charge in [-0.3, -0.25) is 9.59 Å². The molecule has 1 aliphatic heterocycles. The maximum atomic E-state index is 13.6. The van der Waals surface area contributed by atoms with Crippen LogP contribution < -0.4 is 10.1 Å². The average Bonchev–Trinajstić information content (AvgIpc) is 3.48. The second-order valence-electron chi connectivity index (χ2n) is 8.72. The summed E-state index contributed by atoms with van der Waals surface area (Å²) < 4.78 is 47.1. The SMILES string of the molecule is COc1ccc(-n2nc(C(F)(F)F)c3c2C(=O)N(CCCCC(=O)NC2(C(=O)O)CC2)CC3)cc1. The van der Waals surface area contributed by atoms with Crippen LogP contribution in [0.4, 0.5) is 13.2 Å². The number of hydrogen-bond acceptors (Lipinski definition) is 5. The number of ether oxygens (including phenoxy) is 1. The molecule has 1 aliphatic carbocycles. The maximum Gasteiger partial charge on any atom is 0.435 e. The van der Waals surface area contributed by atoms with Crippen LogP contribution in [-0.2, 0) is 22.2 Å². The lowest BCUT2D eigenvalue weighted by atomic mass is 10.0. The van der Waals surface area contributed by atoms with Crippen molar-refractivity contribution < 1.29 is 37.4 Å². The third-order valence-corrected chi connectivity index (χ3v) is 6.31. The number of benzene rings is 1. The normalized spacial score (nSPS) is 16.6. The molecule has 35 heavy (non-hydrogen) atoms. The third kappa shape index (κ3) is 4.96. The Morgan fingerprint density at radius 3 is 2.46 bits per heavy atom. The van der Waals surface area contributed by atoms with E-state index in [1.54, 1.807) is 12.1 Å². The number of aromatic nitrogens is 2. The van der Waals surface area contributed by atoms with Crippen molar-refractivity contribution in [1.29, 1.82) is 0 Å². The van der Waals surface area contributed by atoms with Crippen LogP contribution in [0.15, 0.2) is 24.3 Å². The predicted molar refractivity (Wildman–Crippen MR) is 116 cm³/mol. The molecule has 0 bridgehead atoms. The minimum Gasteiger partial charge on any atom is -0.497 e. The third-order valence-electron chi connectivity index (χ3n) is 6.31. The van der Waals surface area contributed by atoms with Gasteiger partial charge in [-0.15, -0.1) is 0 Å². The Morgan fingerprint density at radius 2 is 1.89 bits per heavy atom. The van der Waals surface area contributed by atoms with E-state index in [2.05, 4.69) is 10.4 Å². The molecule has 1 aromatic heterocycles. The molecule has 2 heterocycles. The highest BCUT2D eigenvalue weighted by molar-refractivity contribution is 5.96. The van der Waals surface area contributed by atoms with Crippen molar-refractivity contribution in [3.05, 3.63) is 41.2 Å². The van der Waals surface area contributed by atoms with Crippen molar-refractivity contribution in [2.24, 2.45) is 0 Å². The van der Waals surface area contributed by atoms with Crippen LogP contribution in [0.1, 0.15) is 53.8 Å². The average molecular weight is 494 g/mol. The fourth-order valence-electron chi connectivity index (χ4n) is 4.19. The van der Waals surface area contributed by atoms with Gasteiger partial charge in [0, 0.05) is 25.1 Å². The van der Waals surface area contributed by atoms with E-state index in [-0.39, 0.29) is 43.1 Å². The number of nitrogens with one attached hydrogen (secondary N) is 1. The van der Waals surface area contributed by atoms with Gasteiger partial charge in [0.05, 0.1) is 12.8 Å². The lowest BCUT2D eigenvalue weighted by Gasteiger charge is -2.28. The van der Waals surface area contributed by atoms with Crippen molar-refractivity contribution in [3.8, 4) is 11.4 Å². The van der Waals surface area contributed by atoms with E-state index in [0.29, 0.717) is 37.1 Å². The summed E-state index contributed by atoms with van der Waals surface area (Å²) in [5.41, 5.74) is -2.16. The van der Waals surface area contributed by atoms with Gasteiger partial charge in [0.1, 0.15) is 17.0 Å². The van der Waals surface area contributed by atoms with Gasteiger partial charge in [-0.25, -0.2) is 9.48 Å². The van der Waals surface area contributed by atoms with E-state index in [4.69, 9.17) is 9.84 Å². The Hall–Kier alpha value is -3.57. The Labute approximate surface area is 198 Å². The molecule has 12 heteroatoms. The maximum absolute atomic E-state index is 13.6. The fraction of sp³-hybridized carbons (Fsp3) is 0.478. The number of rotatable bonds is 9. The standard InChI is InChI=1S/C23H25F3N4O5/c1-35-15-7-5-14(6-8-15)30-18-16(19(28-30)23(24,25)26)9-13-29(20(18)32)12-3-2-4-17(31)27-22(10-11-22)21(33)34/h5-8H,2-4,9-13H2,1H3,(H,27,31)(H,33,34). The van der Waals surface area contributed by atoms with E-state index in [1.165, 1.54) is 24.1 Å². The molecule has 1 saturated carbocycles. The molecule has 0 saturated heterocycles. The number of methoxy groups -OCH3 is 1. The lowest BCUT2D eigenvalue weighted by molar-refractivity contribution is -0.143. The van der Waals surface area contributed by atoms with Crippen molar-refractivity contribution >= 4 is 17.8 Å². The zero-order chi connectivity index (χ0) is 25.4. The number of carboxylic acids is 1. The number of aliphatic carboxylic acids is 1. The summed E-state index contributed by atoms with van der Waals surface area (Å²) in [6.07, 6.45) is -2.94. The number of unbranched alkanes of at least 4 members (excludes halogenated alkanes) is 1. The number of carbonyl (C=O) groups excluding carboxylic acids is 2. The highest BCUT2D eigenvalue weighted by Crippen LogP contribution is 2.37. The molecule has 2 amide bonds. The summed E-state index contributed by atoms with van der Waals surface area (Å²) in [7, 11) is 1.47. The van der Waals surface area contributed by atoms with E-state index in [0.717, 1.165) is 4.68 Å². The molecule has 0 unspecified atom stereocenters. The molecular weight excluding hydrogens is 469 g/mol. The molecule has 0 spiro atoms. The first kappa shape index (κ1) is 24.6. The predicted octanol–water partition coefficient (Wildman–Crippen LogP) is 2.80. The highest BCUT2D eigenvalue weighted by atomic mass is 19.4. The molecule has 188 valence electrons. The van der Waals surface area contributed by atoms with Crippen LogP contribution in [0.3, 0.4) is 0 Å². The zero-order valence-electron chi connectivity index (χ0n) is 19.0. The number of nitrogens with zero attached hydrogens (tertiary/aromatic N) is 3. The van der Waals surface area contributed by atoms with E-state index >= 15 is 0 Å². The van der Waals surface area contributed by atoms with Crippen LogP contribution in [0.25, 0.3) is 5.69 Å². The van der Waals surface area contributed by atoms with Crippen molar-refractivity contribution in [2.45, 2.75) is 50.2 Å². The molecule has 1 aromatic carbocycles. The first-order chi connectivity index (χ1) is 16.6. The van der Waals surface area contributed by atoms with Crippen LogP contribution in [0.5, 0.6) is 5.75 Å². The highest BCUT2D eigenvalue weighted by Gasteiger charge is 2.51. The second-order valence-corrected chi connectivity index (χ2v) is 8.72. The fourth-order valence-corrected chi connectivity index (χ4v) is 4.19. The Kier molecular flexibility index (Phi) is 6.48. The van der Waals surface area contributed by atoms with Crippen molar-refractivity contribution in [2.75, 3.05) is 20.2 Å². The van der Waals surface area contributed by atoms with E-state index < -0.39 is 29.3 Å². The lowest BCUT2D eigenvalue weighted by Crippen LogP contribution is -2.43. The van der Waals surface area contributed by atoms with Crippen molar-refractivity contribution in [1.82, 2.24) is 20.0 Å². The number of fused-ring (bicyclic) bond motifs is 1. The van der Waals surface area contributed by atoms with Crippen LogP contribution in [0.2, 0.25) is 0 Å². The number of amides is 2. The Balaban J connectivity index is 1.45. The van der Waals surface area contributed by atoms with Crippen LogP contribution >= 0.6 is 0 Å². The molecule has 1 fully saturated rings. The molecule has 0 atom stereocenters. The Morgan fingerprint density at radius 1 is 1.20 bits per heavy atom. The monoisotopic (exact) mass is 494 g/mol. The molecule has 0 radical (unpaired) electrons. The minimum atomic E-state index is -4.70. The topological polar surface area (TPSA) is 114 Å². The molecule has 2 aromatic rings. The first-order valence-corrected chi connectivity index (χ1v) is 11.2. The number of halogens is 3. The molecular formula is C23H25F3N4O5. The molecule has 9 nitrogen and oxygen atoms in total.